The molecule has 1 saturated heterocycles. The number of rotatable bonds is 1. The van der Waals surface area contributed by atoms with Gasteiger partial charge in [-0.3, -0.25) is 0 Å². The van der Waals surface area contributed by atoms with Crippen LogP contribution < -0.4 is 5.32 Å². The minimum absolute atomic E-state index is 0.0910. The summed E-state index contributed by atoms with van der Waals surface area (Å²) < 4.78 is 6.20. The van der Waals surface area contributed by atoms with Crippen molar-refractivity contribution in [2.45, 2.75) is 57.6 Å². The number of benzene rings is 1. The van der Waals surface area contributed by atoms with E-state index in [0.29, 0.717) is 0 Å². The van der Waals surface area contributed by atoms with Gasteiger partial charge in [0.15, 0.2) is 0 Å². The van der Waals surface area contributed by atoms with E-state index in [0.717, 1.165) is 13.2 Å². The van der Waals surface area contributed by atoms with Crippen LogP contribution in [0.4, 0.5) is 0 Å². The predicted octanol–water partition coefficient (Wildman–Crippen LogP) is 3.18. The van der Waals surface area contributed by atoms with Gasteiger partial charge in [-0.1, -0.05) is 18.2 Å². The lowest BCUT2D eigenvalue weighted by Crippen LogP contribution is -2.56. The lowest BCUT2D eigenvalue weighted by molar-refractivity contribution is -0.0950. The van der Waals surface area contributed by atoms with E-state index >= 15 is 0 Å². The fraction of sp³-hybridized carbons (Fsp3) is 0.647. The largest absolute Gasteiger partial charge is 0.367 e. The van der Waals surface area contributed by atoms with E-state index in [1.165, 1.54) is 31.2 Å². The van der Waals surface area contributed by atoms with Crippen LogP contribution in [0.25, 0.3) is 0 Å². The van der Waals surface area contributed by atoms with Crippen LogP contribution >= 0.6 is 0 Å². The van der Waals surface area contributed by atoms with Crippen molar-refractivity contribution in [1.29, 1.82) is 0 Å². The highest BCUT2D eigenvalue weighted by molar-refractivity contribution is 5.36. The van der Waals surface area contributed by atoms with Gasteiger partial charge in [0.25, 0.3) is 0 Å². The molecule has 0 bridgehead atoms. The molecule has 1 fully saturated rings. The molecular weight excluding hydrogens is 234 g/mol. The third-order valence-electron chi connectivity index (χ3n) is 4.62. The first-order valence-electron chi connectivity index (χ1n) is 7.50. The molecule has 2 aliphatic rings. The minimum Gasteiger partial charge on any atom is -0.367 e. The van der Waals surface area contributed by atoms with E-state index in [1.54, 1.807) is 11.1 Å². The summed E-state index contributed by atoms with van der Waals surface area (Å²) in [5.74, 6) is 0. The lowest BCUT2D eigenvalue weighted by atomic mass is 9.85. The SMILES string of the molecule is CC1(C)COC(C)(c2ccc3c(c2)CCCC3)CN1. The fourth-order valence-corrected chi connectivity index (χ4v) is 3.10. The average Bonchev–Trinajstić information content (AvgIpc) is 2.42. The van der Waals surface area contributed by atoms with Crippen LogP contribution in [0.15, 0.2) is 18.2 Å². The lowest BCUT2D eigenvalue weighted by Gasteiger charge is -2.43. The van der Waals surface area contributed by atoms with Crippen LogP contribution in [0, 0.1) is 0 Å². The summed E-state index contributed by atoms with van der Waals surface area (Å²) in [4.78, 5) is 0. The minimum atomic E-state index is -0.179. The Kier molecular flexibility index (Phi) is 3.18. The standard InChI is InChI=1S/C17H25NO/c1-16(2)12-19-17(3,11-18-16)15-9-8-13-6-4-5-7-14(13)10-15/h8-10,18H,4-7,11-12H2,1-3H3. The first-order valence-corrected chi connectivity index (χ1v) is 7.50. The number of aryl methyl sites for hydroxylation is 2. The molecule has 1 aliphatic heterocycles. The summed E-state index contributed by atoms with van der Waals surface area (Å²) >= 11 is 0. The van der Waals surface area contributed by atoms with Gasteiger partial charge in [-0.05, 0) is 63.1 Å². The summed E-state index contributed by atoms with van der Waals surface area (Å²) in [6.45, 7) is 8.25. The molecule has 104 valence electrons. The van der Waals surface area contributed by atoms with Crippen LogP contribution in [0.2, 0.25) is 0 Å². The second kappa shape index (κ2) is 4.60. The average molecular weight is 259 g/mol. The number of nitrogens with one attached hydrogen (secondary N) is 1. The van der Waals surface area contributed by atoms with Gasteiger partial charge in [0.05, 0.1) is 6.61 Å². The van der Waals surface area contributed by atoms with Gasteiger partial charge in [0.2, 0.25) is 0 Å². The molecule has 2 nitrogen and oxygen atoms in total. The van der Waals surface area contributed by atoms with Gasteiger partial charge < -0.3 is 10.1 Å². The molecule has 1 aromatic rings. The molecule has 1 N–H and O–H groups in total. The van der Waals surface area contributed by atoms with Crippen LogP contribution in [0.5, 0.6) is 0 Å². The third-order valence-corrected chi connectivity index (χ3v) is 4.62. The van der Waals surface area contributed by atoms with E-state index < -0.39 is 0 Å². The Hall–Kier alpha value is -0.860. The third kappa shape index (κ3) is 2.56. The van der Waals surface area contributed by atoms with Gasteiger partial charge in [0, 0.05) is 12.1 Å². The maximum absolute atomic E-state index is 6.20. The Bertz CT molecular complexity index is 468. The monoisotopic (exact) mass is 259 g/mol. The van der Waals surface area contributed by atoms with Crippen molar-refractivity contribution in [2.75, 3.05) is 13.2 Å². The Balaban J connectivity index is 1.86. The van der Waals surface area contributed by atoms with Crippen molar-refractivity contribution >= 4 is 0 Å². The first kappa shape index (κ1) is 13.1. The maximum atomic E-state index is 6.20. The van der Waals surface area contributed by atoms with E-state index in [2.05, 4.69) is 44.3 Å². The molecule has 1 atom stereocenters. The molecule has 0 amide bonds. The van der Waals surface area contributed by atoms with Crippen molar-refractivity contribution in [3.05, 3.63) is 34.9 Å². The van der Waals surface area contributed by atoms with Crippen LogP contribution in [-0.4, -0.2) is 18.7 Å². The highest BCUT2D eigenvalue weighted by Crippen LogP contribution is 2.32. The zero-order valence-corrected chi connectivity index (χ0v) is 12.4. The Morgan fingerprint density at radius 3 is 2.47 bits per heavy atom. The van der Waals surface area contributed by atoms with Gasteiger partial charge in [-0.2, -0.15) is 0 Å². The van der Waals surface area contributed by atoms with Crippen molar-refractivity contribution in [3.8, 4) is 0 Å². The highest BCUT2D eigenvalue weighted by atomic mass is 16.5. The number of ether oxygens (including phenoxy) is 1. The van der Waals surface area contributed by atoms with Crippen molar-refractivity contribution in [2.24, 2.45) is 0 Å². The van der Waals surface area contributed by atoms with E-state index in [1.807, 2.05) is 0 Å². The quantitative estimate of drug-likeness (QED) is 0.836. The summed E-state index contributed by atoms with van der Waals surface area (Å²) in [6.07, 6.45) is 5.16. The second-order valence-corrected chi connectivity index (χ2v) is 6.95. The molecule has 2 heteroatoms. The number of morpholine rings is 1. The second-order valence-electron chi connectivity index (χ2n) is 6.95. The molecule has 1 aromatic carbocycles. The number of hydrogen-bond acceptors (Lipinski definition) is 2. The smallest absolute Gasteiger partial charge is 0.103 e. The zero-order chi connectivity index (χ0) is 13.5. The van der Waals surface area contributed by atoms with Crippen LogP contribution in [0.1, 0.15) is 50.3 Å². The molecule has 3 rings (SSSR count). The predicted molar refractivity (Wildman–Crippen MR) is 78.5 cm³/mol. The van der Waals surface area contributed by atoms with E-state index in [9.17, 15) is 0 Å². The molecule has 1 aliphatic carbocycles. The molecule has 0 radical (unpaired) electrons. The van der Waals surface area contributed by atoms with Crippen molar-refractivity contribution in [3.63, 3.8) is 0 Å². The summed E-state index contributed by atoms with van der Waals surface area (Å²) in [6, 6.07) is 6.97. The molecule has 19 heavy (non-hydrogen) atoms. The van der Waals surface area contributed by atoms with Gasteiger partial charge in [0.1, 0.15) is 5.60 Å². The number of hydrogen-bond donors (Lipinski definition) is 1. The summed E-state index contributed by atoms with van der Waals surface area (Å²) in [7, 11) is 0. The van der Waals surface area contributed by atoms with E-state index in [4.69, 9.17) is 4.74 Å². The Labute approximate surface area is 116 Å². The molecular formula is C17H25NO. The van der Waals surface area contributed by atoms with Crippen molar-refractivity contribution < 1.29 is 4.74 Å². The van der Waals surface area contributed by atoms with Gasteiger partial charge >= 0.3 is 0 Å². The fourth-order valence-electron chi connectivity index (χ4n) is 3.10. The molecule has 0 spiro atoms. The Morgan fingerprint density at radius 2 is 1.79 bits per heavy atom. The number of fused-ring (bicyclic) bond motifs is 1. The first-order chi connectivity index (χ1) is 8.99. The van der Waals surface area contributed by atoms with E-state index in [-0.39, 0.29) is 11.1 Å². The highest BCUT2D eigenvalue weighted by Gasteiger charge is 2.36. The van der Waals surface area contributed by atoms with Crippen molar-refractivity contribution in [1.82, 2.24) is 5.32 Å². The molecule has 1 heterocycles. The molecule has 0 saturated carbocycles. The maximum Gasteiger partial charge on any atom is 0.103 e. The molecule has 0 aromatic heterocycles. The van der Waals surface area contributed by atoms with Crippen LogP contribution in [-0.2, 0) is 23.2 Å². The van der Waals surface area contributed by atoms with Crippen LogP contribution in [0.3, 0.4) is 0 Å². The zero-order valence-electron chi connectivity index (χ0n) is 12.4. The Morgan fingerprint density at radius 1 is 1.05 bits per heavy atom. The normalized spacial score (nSPS) is 29.8. The van der Waals surface area contributed by atoms with Gasteiger partial charge in [-0.25, -0.2) is 0 Å². The summed E-state index contributed by atoms with van der Waals surface area (Å²) in [5, 5.41) is 3.60. The van der Waals surface area contributed by atoms with Gasteiger partial charge in [-0.15, -0.1) is 0 Å². The topological polar surface area (TPSA) is 21.3 Å². The molecule has 1 unspecified atom stereocenters. The summed E-state index contributed by atoms with van der Waals surface area (Å²) in [5.41, 5.74) is 4.33.